The minimum atomic E-state index is -1.70. The predicted octanol–water partition coefficient (Wildman–Crippen LogP) is 0.526. The molecule has 1 aromatic heterocycles. The van der Waals surface area contributed by atoms with Crippen LogP contribution in [0.25, 0.3) is 11.0 Å². The number of nitrogens with zero attached hydrogens (tertiary/aromatic N) is 4. The Bertz CT molecular complexity index is 1330. The molecule has 196 valence electrons. The van der Waals surface area contributed by atoms with E-state index in [1.165, 1.54) is 6.92 Å². The summed E-state index contributed by atoms with van der Waals surface area (Å²) in [5.74, 6) is -1.67. The Morgan fingerprint density at radius 3 is 2.46 bits per heavy atom. The number of ether oxygens (including phenoxy) is 1. The number of imide groups is 2. The van der Waals surface area contributed by atoms with E-state index in [4.69, 9.17) is 9.26 Å². The SMILES string of the molecule is CC(=O)N1CCN(c2noc3c(F)c4c(cc23)CC2(C(=O)NC(=O)NC2=O)[C@H]2[C@H](C)O[C@H](C)CN42)CC1. The second-order valence-corrected chi connectivity index (χ2v) is 10.2. The number of morpholine rings is 1. The number of nitrogens with one attached hydrogen (secondary N) is 2. The van der Waals surface area contributed by atoms with Crippen molar-refractivity contribution in [2.24, 2.45) is 5.41 Å². The van der Waals surface area contributed by atoms with Gasteiger partial charge in [0.2, 0.25) is 23.3 Å². The van der Waals surface area contributed by atoms with Gasteiger partial charge in [0.15, 0.2) is 17.1 Å². The molecule has 37 heavy (non-hydrogen) atoms. The number of urea groups is 1. The minimum Gasteiger partial charge on any atom is -0.372 e. The number of anilines is 2. The average molecular weight is 515 g/mol. The number of benzene rings is 1. The molecule has 13 heteroatoms. The molecule has 2 N–H and O–H groups in total. The van der Waals surface area contributed by atoms with Crippen LogP contribution in [-0.4, -0.2) is 84.8 Å². The maximum atomic E-state index is 16.2. The number of fused-ring (bicyclic) bond motifs is 5. The summed E-state index contributed by atoms with van der Waals surface area (Å²) in [5, 5.41) is 9.04. The normalized spacial score (nSPS) is 27.2. The fraction of sp³-hybridized carbons (Fsp3) is 0.542. The first-order chi connectivity index (χ1) is 17.6. The van der Waals surface area contributed by atoms with E-state index in [1.54, 1.807) is 22.8 Å². The van der Waals surface area contributed by atoms with E-state index < -0.39 is 41.2 Å². The van der Waals surface area contributed by atoms with Gasteiger partial charge in [0, 0.05) is 46.1 Å². The fourth-order valence-electron chi connectivity index (χ4n) is 6.40. The third-order valence-electron chi connectivity index (χ3n) is 7.97. The third-order valence-corrected chi connectivity index (χ3v) is 7.97. The van der Waals surface area contributed by atoms with Crippen molar-refractivity contribution >= 4 is 46.2 Å². The number of rotatable bonds is 1. The van der Waals surface area contributed by atoms with E-state index >= 15 is 4.39 Å². The highest BCUT2D eigenvalue weighted by Gasteiger charge is 2.63. The van der Waals surface area contributed by atoms with E-state index in [0.29, 0.717) is 42.9 Å². The molecule has 3 saturated heterocycles. The predicted molar refractivity (Wildman–Crippen MR) is 127 cm³/mol. The Labute approximate surface area is 211 Å². The number of carbonyl (C=O) groups is 4. The molecule has 0 bridgehead atoms. The number of amides is 5. The zero-order valence-corrected chi connectivity index (χ0v) is 20.7. The first-order valence-electron chi connectivity index (χ1n) is 12.3. The van der Waals surface area contributed by atoms with Crippen LogP contribution in [0, 0.1) is 11.2 Å². The molecule has 0 unspecified atom stereocenters. The molecule has 0 saturated carbocycles. The number of halogens is 1. The molecule has 1 aromatic carbocycles. The molecule has 0 radical (unpaired) electrons. The lowest BCUT2D eigenvalue weighted by atomic mass is 9.66. The van der Waals surface area contributed by atoms with Crippen molar-refractivity contribution in [3.05, 3.63) is 17.4 Å². The second kappa shape index (κ2) is 8.13. The van der Waals surface area contributed by atoms with Gasteiger partial charge in [-0.05, 0) is 25.5 Å². The Morgan fingerprint density at radius 1 is 1.14 bits per heavy atom. The number of aromatic nitrogens is 1. The zero-order valence-electron chi connectivity index (χ0n) is 20.7. The van der Waals surface area contributed by atoms with Crippen LogP contribution in [0.5, 0.6) is 0 Å². The van der Waals surface area contributed by atoms with Gasteiger partial charge in [0.25, 0.3) is 0 Å². The van der Waals surface area contributed by atoms with Crippen LogP contribution in [0.2, 0.25) is 0 Å². The second-order valence-electron chi connectivity index (χ2n) is 10.2. The third kappa shape index (κ3) is 3.32. The molecule has 0 aliphatic carbocycles. The Kier molecular flexibility index (Phi) is 5.20. The van der Waals surface area contributed by atoms with Gasteiger partial charge in [-0.25, -0.2) is 9.18 Å². The van der Waals surface area contributed by atoms with Crippen LogP contribution in [0.4, 0.5) is 20.7 Å². The number of hydrogen-bond donors (Lipinski definition) is 2. The number of hydrogen-bond acceptors (Lipinski definition) is 9. The molecule has 2 aromatic rings. The average Bonchev–Trinajstić information content (AvgIpc) is 3.26. The van der Waals surface area contributed by atoms with Crippen LogP contribution < -0.4 is 20.4 Å². The summed E-state index contributed by atoms with van der Waals surface area (Å²) in [7, 11) is 0. The monoisotopic (exact) mass is 514 g/mol. The first kappa shape index (κ1) is 23.6. The zero-order chi connectivity index (χ0) is 26.2. The summed E-state index contributed by atoms with van der Waals surface area (Å²) in [6, 6.07) is -0.0156. The maximum absolute atomic E-state index is 16.2. The molecule has 4 aliphatic rings. The largest absolute Gasteiger partial charge is 0.372 e. The van der Waals surface area contributed by atoms with Gasteiger partial charge >= 0.3 is 6.03 Å². The molecular formula is C24H27FN6O6. The van der Waals surface area contributed by atoms with E-state index in [1.807, 2.05) is 11.8 Å². The summed E-state index contributed by atoms with van der Waals surface area (Å²) in [5.41, 5.74) is -1.04. The quantitative estimate of drug-likeness (QED) is 0.522. The van der Waals surface area contributed by atoms with Crippen molar-refractivity contribution in [2.75, 3.05) is 42.5 Å². The first-order valence-corrected chi connectivity index (χ1v) is 12.3. The smallest absolute Gasteiger partial charge is 0.328 e. The van der Waals surface area contributed by atoms with Gasteiger partial charge in [-0.3, -0.25) is 25.0 Å². The van der Waals surface area contributed by atoms with Gasteiger partial charge in [-0.1, -0.05) is 5.16 Å². The van der Waals surface area contributed by atoms with Crippen LogP contribution in [0.3, 0.4) is 0 Å². The van der Waals surface area contributed by atoms with Crippen molar-refractivity contribution in [1.29, 1.82) is 0 Å². The molecular weight excluding hydrogens is 487 g/mol. The summed E-state index contributed by atoms with van der Waals surface area (Å²) in [4.78, 5) is 55.7. The van der Waals surface area contributed by atoms with Gasteiger partial charge in [-0.2, -0.15) is 0 Å². The number of piperazine rings is 1. The standard InChI is InChI=1S/C24H27FN6O6/c1-11-10-31-17-14(9-24(19(31)12(2)36-11)21(33)26-23(35)27-22(24)34)8-15-18(16(17)25)37-28-20(15)30-6-4-29(5-7-30)13(3)32/h8,11-12,19H,4-7,9-10H2,1-3H3,(H2,26,27,33,34,35)/t11-,12+,19-/m1/s1. The van der Waals surface area contributed by atoms with Crippen LogP contribution in [-0.2, 0) is 25.5 Å². The number of barbiturate groups is 1. The fourth-order valence-corrected chi connectivity index (χ4v) is 6.40. The lowest BCUT2D eigenvalue weighted by Crippen LogP contribution is -2.75. The maximum Gasteiger partial charge on any atom is 0.328 e. The van der Waals surface area contributed by atoms with Gasteiger partial charge < -0.3 is 24.0 Å². The van der Waals surface area contributed by atoms with Crippen molar-refractivity contribution in [3.8, 4) is 0 Å². The topological polar surface area (TPSA) is 137 Å². The highest BCUT2D eigenvalue weighted by molar-refractivity contribution is 6.20. The van der Waals surface area contributed by atoms with Crippen LogP contribution in [0.15, 0.2) is 10.6 Å². The summed E-state index contributed by atoms with van der Waals surface area (Å²) in [6.07, 6.45) is -1.05. The summed E-state index contributed by atoms with van der Waals surface area (Å²) < 4.78 is 27.7. The Morgan fingerprint density at radius 2 is 1.81 bits per heavy atom. The van der Waals surface area contributed by atoms with E-state index in [2.05, 4.69) is 15.8 Å². The summed E-state index contributed by atoms with van der Waals surface area (Å²) >= 11 is 0. The molecule has 5 amide bonds. The van der Waals surface area contributed by atoms with Gasteiger partial charge in [0.05, 0.1) is 29.3 Å². The summed E-state index contributed by atoms with van der Waals surface area (Å²) in [6.45, 7) is 7.32. The van der Waals surface area contributed by atoms with E-state index in [0.717, 1.165) is 0 Å². The van der Waals surface area contributed by atoms with E-state index in [9.17, 15) is 19.2 Å². The molecule has 5 heterocycles. The number of carbonyl (C=O) groups excluding carboxylic acids is 4. The Hall–Kier alpha value is -3.74. The molecule has 3 atom stereocenters. The molecule has 4 aliphatic heterocycles. The molecule has 1 spiro atoms. The highest BCUT2D eigenvalue weighted by Crippen LogP contribution is 2.49. The van der Waals surface area contributed by atoms with Crippen molar-refractivity contribution in [1.82, 2.24) is 20.7 Å². The van der Waals surface area contributed by atoms with E-state index in [-0.39, 0.29) is 36.2 Å². The highest BCUT2D eigenvalue weighted by atomic mass is 19.1. The van der Waals surface area contributed by atoms with Crippen LogP contribution in [0.1, 0.15) is 26.3 Å². The van der Waals surface area contributed by atoms with Crippen molar-refractivity contribution < 1.29 is 32.8 Å². The minimum absolute atomic E-state index is 0.0129. The van der Waals surface area contributed by atoms with Gasteiger partial charge in [-0.15, -0.1) is 0 Å². The van der Waals surface area contributed by atoms with Crippen LogP contribution >= 0.6 is 0 Å². The lowest BCUT2D eigenvalue weighted by Gasteiger charge is -2.55. The molecule has 3 fully saturated rings. The molecule has 6 rings (SSSR count). The van der Waals surface area contributed by atoms with Crippen molar-refractivity contribution in [3.63, 3.8) is 0 Å². The Balaban J connectivity index is 1.49. The lowest BCUT2D eigenvalue weighted by molar-refractivity contribution is -0.153. The van der Waals surface area contributed by atoms with Crippen molar-refractivity contribution in [2.45, 2.75) is 45.4 Å². The van der Waals surface area contributed by atoms with Gasteiger partial charge in [0.1, 0.15) is 0 Å². The molecule has 12 nitrogen and oxygen atoms in total.